The van der Waals surface area contributed by atoms with Gasteiger partial charge in [0.15, 0.2) is 11.5 Å². The highest BCUT2D eigenvalue weighted by molar-refractivity contribution is 8.00. The van der Waals surface area contributed by atoms with Crippen molar-refractivity contribution >= 4 is 46.6 Å². The van der Waals surface area contributed by atoms with E-state index in [1.165, 1.54) is 11.8 Å². The first-order valence-corrected chi connectivity index (χ1v) is 8.96. The Morgan fingerprint density at radius 3 is 2.24 bits per heavy atom. The Hall–Kier alpha value is -2.38. The lowest BCUT2D eigenvalue weighted by Crippen LogP contribution is -2.18. The van der Waals surface area contributed by atoms with Gasteiger partial charge in [-0.3, -0.25) is 9.59 Å². The molecule has 1 aliphatic heterocycles. The molecule has 0 unspecified atom stereocenters. The molecule has 2 amide bonds. The smallest absolute Gasteiger partial charge is 0.234 e. The van der Waals surface area contributed by atoms with Gasteiger partial charge in [-0.2, -0.15) is 0 Å². The summed E-state index contributed by atoms with van der Waals surface area (Å²) in [6, 6.07) is 12.0. The minimum Gasteiger partial charge on any atom is -0.454 e. The summed E-state index contributed by atoms with van der Waals surface area (Å²) in [4.78, 5) is 23.8. The van der Waals surface area contributed by atoms with Crippen molar-refractivity contribution in [2.24, 2.45) is 0 Å². The van der Waals surface area contributed by atoms with E-state index < -0.39 is 0 Å². The highest BCUT2D eigenvalue weighted by Gasteiger charge is 2.14. The van der Waals surface area contributed by atoms with Crippen LogP contribution in [0.4, 0.5) is 11.4 Å². The van der Waals surface area contributed by atoms with Crippen LogP contribution in [0.2, 0.25) is 5.02 Å². The molecule has 0 spiro atoms. The Labute approximate surface area is 153 Å². The molecule has 2 aromatic rings. The largest absolute Gasteiger partial charge is 0.454 e. The summed E-state index contributed by atoms with van der Waals surface area (Å²) in [5, 5.41) is 6.10. The number of anilines is 2. The Morgan fingerprint density at radius 2 is 1.52 bits per heavy atom. The van der Waals surface area contributed by atoms with Crippen LogP contribution in [0.15, 0.2) is 42.5 Å². The lowest BCUT2D eigenvalue weighted by Gasteiger charge is -2.07. The number of halogens is 1. The first-order valence-electron chi connectivity index (χ1n) is 7.43. The zero-order valence-electron chi connectivity index (χ0n) is 13.1. The van der Waals surface area contributed by atoms with E-state index in [1.807, 2.05) is 0 Å². The zero-order valence-corrected chi connectivity index (χ0v) is 14.7. The predicted molar refractivity (Wildman–Crippen MR) is 98.6 cm³/mol. The number of ether oxygens (including phenoxy) is 2. The molecule has 1 aliphatic rings. The molecule has 0 aliphatic carbocycles. The minimum absolute atomic E-state index is 0.169. The van der Waals surface area contributed by atoms with Crippen molar-refractivity contribution in [1.82, 2.24) is 0 Å². The molecule has 0 radical (unpaired) electrons. The second-order valence-corrected chi connectivity index (χ2v) is 6.59. The van der Waals surface area contributed by atoms with Gasteiger partial charge in [-0.15, -0.1) is 11.8 Å². The van der Waals surface area contributed by atoms with E-state index in [0.717, 1.165) is 0 Å². The van der Waals surface area contributed by atoms with Gasteiger partial charge in [-0.1, -0.05) is 11.6 Å². The number of hydrogen-bond donors (Lipinski definition) is 2. The Kier molecular flexibility index (Phi) is 5.67. The van der Waals surface area contributed by atoms with Crippen molar-refractivity contribution in [3.8, 4) is 11.5 Å². The molecule has 0 fully saturated rings. The fraction of sp³-hybridized carbons (Fsp3) is 0.176. The Morgan fingerprint density at radius 1 is 0.920 bits per heavy atom. The van der Waals surface area contributed by atoms with Crippen molar-refractivity contribution in [3.05, 3.63) is 47.5 Å². The number of carbonyl (C=O) groups is 2. The van der Waals surface area contributed by atoms with Crippen molar-refractivity contribution in [2.75, 3.05) is 28.9 Å². The van der Waals surface area contributed by atoms with E-state index in [-0.39, 0.29) is 30.1 Å². The Balaban J connectivity index is 1.40. The number of hydrogen-bond acceptors (Lipinski definition) is 5. The number of thioether (sulfide) groups is 1. The maximum Gasteiger partial charge on any atom is 0.234 e. The van der Waals surface area contributed by atoms with Gasteiger partial charge in [0.1, 0.15) is 0 Å². The highest BCUT2D eigenvalue weighted by Crippen LogP contribution is 2.34. The van der Waals surface area contributed by atoms with E-state index in [0.29, 0.717) is 27.9 Å². The van der Waals surface area contributed by atoms with Crippen molar-refractivity contribution in [3.63, 3.8) is 0 Å². The quantitative estimate of drug-likeness (QED) is 0.805. The maximum atomic E-state index is 11.9. The molecule has 0 aromatic heterocycles. The van der Waals surface area contributed by atoms with Gasteiger partial charge >= 0.3 is 0 Å². The van der Waals surface area contributed by atoms with Gasteiger partial charge in [-0.05, 0) is 36.4 Å². The van der Waals surface area contributed by atoms with Crippen LogP contribution in [0.3, 0.4) is 0 Å². The fourth-order valence-electron chi connectivity index (χ4n) is 2.14. The first-order chi connectivity index (χ1) is 12.1. The van der Waals surface area contributed by atoms with Crippen LogP contribution in [0.1, 0.15) is 0 Å². The summed E-state index contributed by atoms with van der Waals surface area (Å²) in [5.74, 6) is 1.24. The summed E-state index contributed by atoms with van der Waals surface area (Å²) < 4.78 is 10.5. The van der Waals surface area contributed by atoms with E-state index >= 15 is 0 Å². The van der Waals surface area contributed by atoms with E-state index in [1.54, 1.807) is 42.5 Å². The van der Waals surface area contributed by atoms with Crippen LogP contribution < -0.4 is 20.1 Å². The van der Waals surface area contributed by atoms with Crippen LogP contribution in [0.25, 0.3) is 0 Å². The van der Waals surface area contributed by atoms with Crippen LogP contribution in [-0.2, 0) is 9.59 Å². The zero-order chi connectivity index (χ0) is 17.6. The van der Waals surface area contributed by atoms with Gasteiger partial charge < -0.3 is 20.1 Å². The third-order valence-electron chi connectivity index (χ3n) is 3.25. The number of amides is 2. The van der Waals surface area contributed by atoms with Gasteiger partial charge in [0.25, 0.3) is 0 Å². The molecule has 0 saturated heterocycles. The first kappa shape index (κ1) is 17.4. The molecular formula is C17H15ClN2O4S. The molecule has 1 heterocycles. The summed E-state index contributed by atoms with van der Waals surface area (Å²) in [6.07, 6.45) is 0. The molecule has 130 valence electrons. The van der Waals surface area contributed by atoms with Crippen LogP contribution >= 0.6 is 23.4 Å². The van der Waals surface area contributed by atoms with Gasteiger partial charge in [0.05, 0.1) is 11.5 Å². The van der Waals surface area contributed by atoms with Crippen molar-refractivity contribution < 1.29 is 19.1 Å². The molecule has 6 nitrogen and oxygen atoms in total. The monoisotopic (exact) mass is 378 g/mol. The third-order valence-corrected chi connectivity index (χ3v) is 4.44. The van der Waals surface area contributed by atoms with Crippen LogP contribution in [0, 0.1) is 0 Å². The molecule has 0 saturated carbocycles. The fourth-order valence-corrected chi connectivity index (χ4v) is 2.88. The molecule has 0 bridgehead atoms. The average molecular weight is 379 g/mol. The third kappa shape index (κ3) is 5.04. The van der Waals surface area contributed by atoms with Crippen molar-refractivity contribution in [2.45, 2.75) is 0 Å². The van der Waals surface area contributed by atoms with Crippen LogP contribution in [0.5, 0.6) is 11.5 Å². The summed E-state index contributed by atoms with van der Waals surface area (Å²) in [7, 11) is 0. The number of fused-ring (bicyclic) bond motifs is 1. The number of rotatable bonds is 6. The predicted octanol–water partition coefficient (Wildman–Crippen LogP) is 3.38. The SMILES string of the molecule is O=C(CSCC(=O)Nc1ccc2c(c1)OCO2)Nc1ccc(Cl)cc1. The maximum absolute atomic E-state index is 11.9. The molecule has 8 heteroatoms. The van der Waals surface area contributed by atoms with Gasteiger partial charge in [0.2, 0.25) is 18.6 Å². The van der Waals surface area contributed by atoms with E-state index in [4.69, 9.17) is 21.1 Å². The van der Waals surface area contributed by atoms with E-state index in [2.05, 4.69) is 10.6 Å². The topological polar surface area (TPSA) is 76.7 Å². The molecule has 2 N–H and O–H groups in total. The Bertz CT molecular complexity index is 783. The summed E-state index contributed by atoms with van der Waals surface area (Å²) in [6.45, 7) is 0.186. The van der Waals surface area contributed by atoms with Gasteiger partial charge in [0, 0.05) is 22.5 Å². The summed E-state index contributed by atoms with van der Waals surface area (Å²) in [5.41, 5.74) is 1.29. The normalized spacial score (nSPS) is 11.9. The standard InChI is InChI=1S/C17H15ClN2O4S/c18-11-1-3-12(4-2-11)19-16(21)8-25-9-17(22)20-13-5-6-14-15(7-13)24-10-23-14/h1-7H,8-10H2,(H,19,21)(H,20,22). The lowest BCUT2D eigenvalue weighted by atomic mass is 10.3. The molecule has 3 rings (SSSR count). The average Bonchev–Trinajstić information content (AvgIpc) is 3.04. The van der Waals surface area contributed by atoms with Crippen LogP contribution in [-0.4, -0.2) is 30.1 Å². The van der Waals surface area contributed by atoms with E-state index in [9.17, 15) is 9.59 Å². The number of carbonyl (C=O) groups excluding carboxylic acids is 2. The molecule has 2 aromatic carbocycles. The van der Waals surface area contributed by atoms with Crippen molar-refractivity contribution in [1.29, 1.82) is 0 Å². The molecule has 0 atom stereocenters. The van der Waals surface area contributed by atoms with Gasteiger partial charge in [-0.25, -0.2) is 0 Å². The minimum atomic E-state index is -0.192. The molecular weight excluding hydrogens is 364 g/mol. The lowest BCUT2D eigenvalue weighted by molar-refractivity contribution is -0.114. The number of nitrogens with one attached hydrogen (secondary N) is 2. The summed E-state index contributed by atoms with van der Waals surface area (Å²) >= 11 is 7.02. The second-order valence-electron chi connectivity index (χ2n) is 5.16. The molecule has 25 heavy (non-hydrogen) atoms. The number of benzene rings is 2. The second kappa shape index (κ2) is 8.13. The highest BCUT2D eigenvalue weighted by atomic mass is 35.5.